The van der Waals surface area contributed by atoms with E-state index in [9.17, 15) is 14.7 Å². The predicted molar refractivity (Wildman–Crippen MR) is 146 cm³/mol. The van der Waals surface area contributed by atoms with E-state index < -0.39 is 17.7 Å². The van der Waals surface area contributed by atoms with Crippen LogP contribution in [0.4, 0.5) is 0 Å². The Morgan fingerprint density at radius 3 is 2.61 bits per heavy atom. The lowest BCUT2D eigenvalue weighted by Gasteiger charge is -2.26. The summed E-state index contributed by atoms with van der Waals surface area (Å²) in [7, 11) is 0. The van der Waals surface area contributed by atoms with Crippen molar-refractivity contribution in [3.8, 4) is 5.75 Å². The molecule has 0 saturated carbocycles. The van der Waals surface area contributed by atoms with Crippen LogP contribution in [0.3, 0.4) is 0 Å². The normalized spacial score (nSPS) is 16.9. The van der Waals surface area contributed by atoms with Gasteiger partial charge in [0.2, 0.25) is 0 Å². The van der Waals surface area contributed by atoms with Crippen molar-refractivity contribution in [3.05, 3.63) is 107 Å². The van der Waals surface area contributed by atoms with Crippen LogP contribution in [0.1, 0.15) is 48.3 Å². The summed E-state index contributed by atoms with van der Waals surface area (Å²) in [5.74, 6) is -0.904. The quantitative estimate of drug-likeness (QED) is 0.140. The van der Waals surface area contributed by atoms with Gasteiger partial charge in [0.05, 0.1) is 23.9 Å². The number of hydrogen-bond acceptors (Lipinski definition) is 5. The fourth-order valence-electron chi connectivity index (χ4n) is 4.99. The van der Waals surface area contributed by atoms with Gasteiger partial charge in [-0.3, -0.25) is 14.0 Å². The Kier molecular flexibility index (Phi) is 7.26. The molecule has 1 amide bonds. The number of carbonyl (C=O) groups excluding carboxylic acids is 2. The molecule has 7 nitrogen and oxygen atoms in total. The third-order valence-electron chi connectivity index (χ3n) is 6.89. The van der Waals surface area contributed by atoms with Gasteiger partial charge in [-0.05, 0) is 55.2 Å². The van der Waals surface area contributed by atoms with Gasteiger partial charge < -0.3 is 14.7 Å². The number of fused-ring (bicyclic) bond motifs is 1. The molecule has 0 spiro atoms. The number of carbonyl (C=O) groups is 2. The standard InChI is InChI=1S/C31H31N3O4/c1-3-4-19-38-24-14-10-13-23(20-24)28-26(29(35)27-21(2)32-25-15-8-9-17-33(25)27)30(36)31(37)34(28)18-16-22-11-6-5-7-12-22/h5-15,17,20,28,35H,3-4,16,18-19H2,1-2H3/b29-26+. The molecule has 1 saturated heterocycles. The van der Waals surface area contributed by atoms with E-state index in [1.54, 1.807) is 22.4 Å². The van der Waals surface area contributed by atoms with E-state index >= 15 is 0 Å². The zero-order valence-electron chi connectivity index (χ0n) is 21.6. The molecule has 194 valence electrons. The van der Waals surface area contributed by atoms with Crippen molar-refractivity contribution >= 4 is 23.1 Å². The first kappa shape index (κ1) is 25.3. The highest BCUT2D eigenvalue weighted by molar-refractivity contribution is 6.46. The van der Waals surface area contributed by atoms with Gasteiger partial charge in [0.1, 0.15) is 17.1 Å². The number of aromatic nitrogens is 2. The van der Waals surface area contributed by atoms with Crippen molar-refractivity contribution in [2.75, 3.05) is 13.2 Å². The Morgan fingerprint density at radius 2 is 1.82 bits per heavy atom. The van der Waals surface area contributed by atoms with Crippen LogP contribution >= 0.6 is 0 Å². The van der Waals surface area contributed by atoms with Crippen molar-refractivity contribution in [2.45, 2.75) is 39.2 Å². The number of Topliss-reactive ketones (excluding diaryl/α,β-unsaturated/α-hetero) is 1. The third kappa shape index (κ3) is 4.79. The van der Waals surface area contributed by atoms with Gasteiger partial charge in [-0.25, -0.2) is 4.98 Å². The number of rotatable bonds is 9. The number of aliphatic hydroxyl groups excluding tert-OH is 1. The third-order valence-corrected chi connectivity index (χ3v) is 6.89. The van der Waals surface area contributed by atoms with Gasteiger partial charge in [-0.2, -0.15) is 0 Å². The molecule has 1 aliphatic rings. The summed E-state index contributed by atoms with van der Waals surface area (Å²) < 4.78 is 7.67. The van der Waals surface area contributed by atoms with Gasteiger partial charge in [0.15, 0.2) is 5.76 Å². The average molecular weight is 510 g/mol. The van der Waals surface area contributed by atoms with Crippen LogP contribution in [0.15, 0.2) is 84.6 Å². The Morgan fingerprint density at radius 1 is 1.03 bits per heavy atom. The Hall–Kier alpha value is -4.39. The molecule has 2 aromatic carbocycles. The summed E-state index contributed by atoms with van der Waals surface area (Å²) in [4.78, 5) is 33.0. The zero-order chi connectivity index (χ0) is 26.6. The van der Waals surface area contributed by atoms with Crippen LogP contribution in [0.25, 0.3) is 11.4 Å². The minimum Gasteiger partial charge on any atom is -0.505 e. The molecule has 4 aromatic rings. The van der Waals surface area contributed by atoms with E-state index in [2.05, 4.69) is 11.9 Å². The molecule has 5 rings (SSSR count). The summed E-state index contributed by atoms with van der Waals surface area (Å²) in [6, 6.07) is 22.0. The highest BCUT2D eigenvalue weighted by atomic mass is 16.5. The van der Waals surface area contributed by atoms with Crippen molar-refractivity contribution in [3.63, 3.8) is 0 Å². The largest absolute Gasteiger partial charge is 0.505 e. The van der Waals surface area contributed by atoms with E-state index in [0.717, 1.165) is 18.4 Å². The molecule has 0 aliphatic carbocycles. The van der Waals surface area contributed by atoms with Crippen LogP contribution in [0.5, 0.6) is 5.75 Å². The maximum absolute atomic E-state index is 13.5. The number of unbranched alkanes of at least 4 members (excludes halogenated alkanes) is 1. The minimum atomic E-state index is -0.762. The fraction of sp³-hybridized carbons (Fsp3) is 0.258. The van der Waals surface area contributed by atoms with Crippen molar-refractivity contribution in [2.24, 2.45) is 0 Å². The topological polar surface area (TPSA) is 84.1 Å². The number of hydrogen-bond donors (Lipinski definition) is 1. The molecular formula is C31H31N3O4. The predicted octanol–water partition coefficient (Wildman–Crippen LogP) is 5.49. The number of pyridine rings is 1. The first-order chi connectivity index (χ1) is 18.5. The zero-order valence-corrected chi connectivity index (χ0v) is 21.6. The molecule has 1 atom stereocenters. The second-order valence-corrected chi connectivity index (χ2v) is 9.48. The Bertz CT molecular complexity index is 1510. The first-order valence-electron chi connectivity index (χ1n) is 13.0. The van der Waals surface area contributed by atoms with Crippen LogP contribution in [0.2, 0.25) is 0 Å². The van der Waals surface area contributed by atoms with Crippen molar-refractivity contribution in [1.82, 2.24) is 14.3 Å². The number of amides is 1. The van der Waals surface area contributed by atoms with Crippen LogP contribution in [0, 0.1) is 6.92 Å². The van der Waals surface area contributed by atoms with Gasteiger partial charge >= 0.3 is 0 Å². The van der Waals surface area contributed by atoms with Crippen LogP contribution in [-0.4, -0.2) is 44.2 Å². The summed E-state index contributed by atoms with van der Waals surface area (Å²) in [6.07, 6.45) is 4.30. The minimum absolute atomic E-state index is 0.0579. The number of benzene rings is 2. The molecule has 1 unspecified atom stereocenters. The monoisotopic (exact) mass is 509 g/mol. The lowest BCUT2D eigenvalue weighted by Crippen LogP contribution is -2.31. The fourth-order valence-corrected chi connectivity index (χ4v) is 4.99. The van der Waals surface area contributed by atoms with Gasteiger partial charge in [0.25, 0.3) is 11.7 Å². The van der Waals surface area contributed by atoms with Crippen LogP contribution in [-0.2, 0) is 16.0 Å². The molecule has 1 N–H and O–H groups in total. The lowest BCUT2D eigenvalue weighted by atomic mass is 9.96. The number of imidazole rings is 1. The second-order valence-electron chi connectivity index (χ2n) is 9.48. The molecule has 1 fully saturated rings. The van der Waals surface area contributed by atoms with E-state index in [1.165, 1.54) is 0 Å². The number of ether oxygens (including phenoxy) is 1. The maximum atomic E-state index is 13.5. The number of ketones is 1. The van der Waals surface area contributed by atoms with Gasteiger partial charge in [0, 0.05) is 12.7 Å². The molecule has 0 bridgehead atoms. The summed E-state index contributed by atoms with van der Waals surface area (Å²) >= 11 is 0. The smallest absolute Gasteiger partial charge is 0.295 e. The number of likely N-dealkylation sites (tertiary alicyclic amines) is 1. The highest BCUT2D eigenvalue weighted by Crippen LogP contribution is 2.41. The van der Waals surface area contributed by atoms with Crippen LogP contribution < -0.4 is 4.74 Å². The van der Waals surface area contributed by atoms with E-state index in [0.29, 0.717) is 47.9 Å². The lowest BCUT2D eigenvalue weighted by molar-refractivity contribution is -0.139. The summed E-state index contributed by atoms with van der Waals surface area (Å²) in [5, 5.41) is 11.6. The molecule has 7 heteroatoms. The number of aliphatic hydroxyl groups is 1. The van der Waals surface area contributed by atoms with Gasteiger partial charge in [-0.1, -0.05) is 61.9 Å². The number of nitrogens with zero attached hydrogens (tertiary/aromatic N) is 3. The second kappa shape index (κ2) is 10.9. The number of aryl methyl sites for hydroxylation is 1. The summed E-state index contributed by atoms with van der Waals surface area (Å²) in [6.45, 7) is 4.78. The molecule has 2 aromatic heterocycles. The first-order valence-corrected chi connectivity index (χ1v) is 13.0. The molecule has 0 radical (unpaired) electrons. The van der Waals surface area contributed by atoms with Crippen molar-refractivity contribution < 1.29 is 19.4 Å². The maximum Gasteiger partial charge on any atom is 0.295 e. The molecule has 38 heavy (non-hydrogen) atoms. The average Bonchev–Trinajstić information content (AvgIpc) is 3.40. The van der Waals surface area contributed by atoms with E-state index in [1.807, 2.05) is 72.8 Å². The summed E-state index contributed by atoms with van der Waals surface area (Å²) in [5.41, 5.74) is 3.44. The van der Waals surface area contributed by atoms with E-state index in [-0.39, 0.29) is 11.3 Å². The molecular weight excluding hydrogens is 478 g/mol. The highest BCUT2D eigenvalue weighted by Gasteiger charge is 2.46. The Balaban J connectivity index is 1.61. The SMILES string of the molecule is CCCCOc1cccc(C2/C(=C(\O)c3c(C)nc4ccccn34)C(=O)C(=O)N2CCc2ccccc2)c1. The molecule has 1 aliphatic heterocycles. The van der Waals surface area contributed by atoms with Crippen molar-refractivity contribution in [1.29, 1.82) is 0 Å². The molecule has 3 heterocycles. The Labute approximate surface area is 222 Å². The van der Waals surface area contributed by atoms with E-state index in [4.69, 9.17) is 4.74 Å². The van der Waals surface area contributed by atoms with Gasteiger partial charge in [-0.15, -0.1) is 0 Å².